The first-order valence-corrected chi connectivity index (χ1v) is 3.80. The Balaban J connectivity index is 2.47. The molecule has 0 saturated carbocycles. The number of rotatable bonds is 2. The van der Waals surface area contributed by atoms with E-state index >= 15 is 0 Å². The van der Waals surface area contributed by atoms with Crippen LogP contribution < -0.4 is 0 Å². The number of halogens is 2. The lowest BCUT2D eigenvalue weighted by molar-refractivity contribution is 0.142. The number of aromatic nitrogens is 4. The fourth-order valence-corrected chi connectivity index (χ4v) is 0.991. The van der Waals surface area contributed by atoms with Gasteiger partial charge in [-0.1, -0.05) is 0 Å². The summed E-state index contributed by atoms with van der Waals surface area (Å²) in [4.78, 5) is 7.60. The molecule has 2 aromatic rings. The normalized spacial score (nSPS) is 10.8. The highest BCUT2D eigenvalue weighted by molar-refractivity contribution is 5.14. The van der Waals surface area contributed by atoms with Crippen LogP contribution in [0.3, 0.4) is 0 Å². The van der Waals surface area contributed by atoms with Gasteiger partial charge in [-0.2, -0.15) is 9.78 Å². The molecule has 0 amide bonds. The monoisotopic (exact) mass is 195 g/mol. The molecular weight excluding hydrogens is 190 g/mol. The van der Waals surface area contributed by atoms with Crippen LogP contribution in [0.2, 0.25) is 0 Å². The molecule has 0 fully saturated rings. The van der Waals surface area contributed by atoms with Crippen molar-refractivity contribution in [1.82, 2.24) is 19.7 Å². The van der Waals surface area contributed by atoms with Crippen LogP contribution in [0.4, 0.5) is 8.78 Å². The van der Waals surface area contributed by atoms with Gasteiger partial charge in [0, 0.05) is 18.5 Å². The van der Waals surface area contributed by atoms with Crippen molar-refractivity contribution < 1.29 is 8.78 Å². The third kappa shape index (κ3) is 1.46. The van der Waals surface area contributed by atoms with E-state index in [-0.39, 0.29) is 11.6 Å². The molecule has 0 aliphatic carbocycles. The second kappa shape index (κ2) is 3.49. The molecule has 0 atom stereocenters. The van der Waals surface area contributed by atoms with Crippen molar-refractivity contribution in [2.45, 2.75) is 6.43 Å². The molecular formula is C8H5F2N4. The molecule has 0 aromatic carbocycles. The summed E-state index contributed by atoms with van der Waals surface area (Å²) in [6.45, 7) is 0. The summed E-state index contributed by atoms with van der Waals surface area (Å²) in [6.07, 6.45) is 1.44. The van der Waals surface area contributed by atoms with E-state index in [0.717, 1.165) is 10.9 Å². The molecule has 2 rings (SSSR count). The molecule has 14 heavy (non-hydrogen) atoms. The quantitative estimate of drug-likeness (QED) is 0.727. The number of alkyl halides is 2. The average molecular weight is 195 g/mol. The van der Waals surface area contributed by atoms with Gasteiger partial charge in [-0.15, -0.1) is 0 Å². The maximum Gasteiger partial charge on any atom is 0.281 e. The van der Waals surface area contributed by atoms with E-state index in [1.54, 1.807) is 6.07 Å². The second-order valence-electron chi connectivity index (χ2n) is 2.44. The highest BCUT2D eigenvalue weighted by Gasteiger charge is 2.15. The van der Waals surface area contributed by atoms with Crippen molar-refractivity contribution in [3.8, 4) is 5.95 Å². The molecule has 0 unspecified atom stereocenters. The van der Waals surface area contributed by atoms with Gasteiger partial charge >= 0.3 is 0 Å². The van der Waals surface area contributed by atoms with Crippen molar-refractivity contribution in [3.05, 3.63) is 36.4 Å². The van der Waals surface area contributed by atoms with E-state index in [1.165, 1.54) is 12.4 Å². The van der Waals surface area contributed by atoms with E-state index in [1.807, 2.05) is 0 Å². The number of hydrogen-bond acceptors (Lipinski definition) is 3. The maximum atomic E-state index is 12.4. The van der Waals surface area contributed by atoms with Crippen LogP contribution in [0.15, 0.2) is 24.7 Å². The Kier molecular flexibility index (Phi) is 2.18. The lowest BCUT2D eigenvalue weighted by Gasteiger charge is -2.02. The molecule has 0 spiro atoms. The van der Waals surface area contributed by atoms with E-state index in [2.05, 4.69) is 21.1 Å². The summed E-state index contributed by atoms with van der Waals surface area (Å²) >= 11 is 0. The maximum absolute atomic E-state index is 12.4. The number of hydrogen-bond donors (Lipinski definition) is 0. The molecule has 1 radical (unpaired) electrons. The van der Waals surface area contributed by atoms with Crippen molar-refractivity contribution in [2.24, 2.45) is 0 Å². The topological polar surface area (TPSA) is 43.6 Å². The summed E-state index contributed by atoms with van der Waals surface area (Å²) in [7, 11) is 0. The minimum atomic E-state index is -2.64. The Morgan fingerprint density at radius 2 is 2.00 bits per heavy atom. The zero-order valence-corrected chi connectivity index (χ0v) is 6.93. The first kappa shape index (κ1) is 8.74. The predicted octanol–water partition coefficient (Wildman–Crippen LogP) is 1.40. The highest BCUT2D eigenvalue weighted by atomic mass is 19.3. The molecule has 0 saturated heterocycles. The Morgan fingerprint density at radius 3 is 2.64 bits per heavy atom. The molecule has 71 valence electrons. The van der Waals surface area contributed by atoms with Crippen LogP contribution in [0, 0.1) is 6.07 Å². The summed E-state index contributed by atoms with van der Waals surface area (Å²) in [5.41, 5.74) is -0.337. The average Bonchev–Trinajstić information content (AvgIpc) is 2.67. The van der Waals surface area contributed by atoms with Gasteiger partial charge in [-0.25, -0.2) is 18.7 Å². The first-order valence-electron chi connectivity index (χ1n) is 3.80. The fraction of sp³-hybridized carbons (Fsp3) is 0.125. The van der Waals surface area contributed by atoms with Gasteiger partial charge in [0.2, 0.25) is 0 Å². The Morgan fingerprint density at radius 1 is 1.29 bits per heavy atom. The highest BCUT2D eigenvalue weighted by Crippen LogP contribution is 2.18. The molecule has 0 bridgehead atoms. The fourth-order valence-electron chi connectivity index (χ4n) is 0.991. The van der Waals surface area contributed by atoms with Crippen LogP contribution in [-0.4, -0.2) is 19.7 Å². The van der Waals surface area contributed by atoms with Crippen LogP contribution in [-0.2, 0) is 0 Å². The minimum Gasteiger partial charge on any atom is -0.220 e. The van der Waals surface area contributed by atoms with Crippen molar-refractivity contribution in [2.75, 3.05) is 0 Å². The van der Waals surface area contributed by atoms with Gasteiger partial charge in [0.05, 0.1) is 6.20 Å². The first-order chi connectivity index (χ1) is 6.79. The minimum absolute atomic E-state index is 0.115. The second-order valence-corrected chi connectivity index (χ2v) is 2.44. The molecule has 0 N–H and O–H groups in total. The third-order valence-corrected chi connectivity index (χ3v) is 1.56. The molecule has 0 aliphatic heterocycles. The zero-order chi connectivity index (χ0) is 9.97. The van der Waals surface area contributed by atoms with Crippen LogP contribution in [0.5, 0.6) is 0 Å². The van der Waals surface area contributed by atoms with Crippen LogP contribution in [0.25, 0.3) is 5.95 Å². The van der Waals surface area contributed by atoms with Crippen LogP contribution in [0.1, 0.15) is 12.1 Å². The Labute approximate surface area is 78.2 Å². The van der Waals surface area contributed by atoms with Gasteiger partial charge in [-0.3, -0.25) is 0 Å². The molecule has 4 nitrogen and oxygen atoms in total. The standard InChI is InChI=1S/C8H5F2N4/c9-7(10)6-2-5-13-14(6)8-11-3-1-4-12-8/h1,3-5,7H. The largest absolute Gasteiger partial charge is 0.281 e. The van der Waals surface area contributed by atoms with Crippen molar-refractivity contribution >= 4 is 0 Å². The summed E-state index contributed by atoms with van der Waals surface area (Å²) in [6, 6.07) is 3.92. The molecule has 2 aromatic heterocycles. The van der Waals surface area contributed by atoms with E-state index in [9.17, 15) is 8.78 Å². The Hall–Kier alpha value is -1.85. The zero-order valence-electron chi connectivity index (χ0n) is 6.93. The summed E-state index contributed by atoms with van der Waals surface area (Å²) < 4.78 is 25.8. The molecule has 0 aliphatic rings. The Bertz CT molecular complexity index is 412. The summed E-state index contributed by atoms with van der Waals surface area (Å²) in [5.74, 6) is 0.115. The van der Waals surface area contributed by atoms with E-state index < -0.39 is 6.43 Å². The smallest absolute Gasteiger partial charge is 0.220 e. The third-order valence-electron chi connectivity index (χ3n) is 1.56. The van der Waals surface area contributed by atoms with E-state index in [4.69, 9.17) is 0 Å². The van der Waals surface area contributed by atoms with Gasteiger partial charge in [0.1, 0.15) is 5.69 Å². The predicted molar refractivity (Wildman–Crippen MR) is 42.9 cm³/mol. The lowest BCUT2D eigenvalue weighted by Crippen LogP contribution is -2.06. The van der Waals surface area contributed by atoms with E-state index in [0.29, 0.717) is 0 Å². The summed E-state index contributed by atoms with van der Waals surface area (Å²) in [5, 5.41) is 3.66. The van der Waals surface area contributed by atoms with Crippen molar-refractivity contribution in [1.29, 1.82) is 0 Å². The van der Waals surface area contributed by atoms with Gasteiger partial charge in [0.15, 0.2) is 0 Å². The molecule has 2 heterocycles. The van der Waals surface area contributed by atoms with Gasteiger partial charge in [-0.05, 0) is 6.07 Å². The SMILES string of the molecule is FC(F)c1[c]cnn1-c1ncccn1. The number of nitrogens with zero attached hydrogens (tertiary/aromatic N) is 4. The van der Waals surface area contributed by atoms with Crippen molar-refractivity contribution in [3.63, 3.8) is 0 Å². The van der Waals surface area contributed by atoms with Gasteiger partial charge in [0.25, 0.3) is 12.4 Å². The molecule has 6 heteroatoms. The van der Waals surface area contributed by atoms with Crippen LogP contribution >= 0.6 is 0 Å². The van der Waals surface area contributed by atoms with Gasteiger partial charge < -0.3 is 0 Å². The lowest BCUT2D eigenvalue weighted by atomic mass is 10.4.